The zero-order valence-electron chi connectivity index (χ0n) is 13.4. The Hall–Kier alpha value is -2.35. The molecular formula is C21H24NO+. The molecule has 23 heavy (non-hydrogen) atoms. The van der Waals surface area contributed by atoms with Crippen molar-refractivity contribution < 1.29 is 9.68 Å². The van der Waals surface area contributed by atoms with E-state index in [0.717, 1.165) is 11.1 Å². The van der Waals surface area contributed by atoms with Crippen molar-refractivity contribution in [1.82, 2.24) is 0 Å². The molecule has 1 aliphatic rings. The predicted octanol–water partition coefficient (Wildman–Crippen LogP) is 5.01. The fraction of sp³-hybridized carbons (Fsp3) is 0.286. The van der Waals surface area contributed by atoms with Gasteiger partial charge in [-0.25, -0.2) is 0 Å². The summed E-state index contributed by atoms with van der Waals surface area (Å²) in [6, 6.07) is 20.5. The number of nitrogens with zero attached hydrogens (tertiary/aromatic N) is 1. The number of rotatable bonds is 4. The Morgan fingerprint density at radius 3 is 2.13 bits per heavy atom. The van der Waals surface area contributed by atoms with Crippen LogP contribution >= 0.6 is 0 Å². The summed E-state index contributed by atoms with van der Waals surface area (Å²) in [6.45, 7) is 0. The maximum absolute atomic E-state index is 10.5. The quantitative estimate of drug-likeness (QED) is 0.479. The first-order valence-electron chi connectivity index (χ1n) is 8.46. The van der Waals surface area contributed by atoms with Gasteiger partial charge in [0.2, 0.25) is 6.20 Å². The Labute approximate surface area is 138 Å². The molecule has 1 aliphatic carbocycles. The molecule has 0 spiro atoms. The molecule has 0 bridgehead atoms. The van der Waals surface area contributed by atoms with E-state index in [-0.39, 0.29) is 0 Å². The van der Waals surface area contributed by atoms with Crippen LogP contribution in [0.1, 0.15) is 43.2 Å². The van der Waals surface area contributed by atoms with Crippen LogP contribution in [0.4, 0.5) is 0 Å². The molecule has 0 unspecified atom stereocenters. The maximum Gasteiger partial charge on any atom is 0.211 e. The highest BCUT2D eigenvalue weighted by atomic mass is 16.3. The molecule has 0 aromatic heterocycles. The normalized spacial score (nSPS) is 17.2. The van der Waals surface area contributed by atoms with Crippen LogP contribution in [-0.4, -0.2) is 21.9 Å². The molecule has 0 atom stereocenters. The summed E-state index contributed by atoms with van der Waals surface area (Å²) < 4.78 is 2.21. The van der Waals surface area contributed by atoms with Crippen molar-refractivity contribution in [3.63, 3.8) is 0 Å². The van der Waals surface area contributed by atoms with Crippen LogP contribution in [-0.2, 0) is 0 Å². The van der Waals surface area contributed by atoms with Crippen molar-refractivity contribution in [2.45, 2.75) is 38.1 Å². The lowest BCUT2D eigenvalue weighted by atomic mass is 9.95. The van der Waals surface area contributed by atoms with Gasteiger partial charge in [0.25, 0.3) is 0 Å². The number of aliphatic hydroxyl groups is 1. The largest absolute Gasteiger partial charge is 0.502 e. The lowest BCUT2D eigenvalue weighted by Crippen LogP contribution is -2.26. The summed E-state index contributed by atoms with van der Waals surface area (Å²) in [4.78, 5) is 0. The Morgan fingerprint density at radius 2 is 1.48 bits per heavy atom. The lowest BCUT2D eigenvalue weighted by Gasteiger charge is -2.18. The SMILES string of the molecule is O/C(=C\[N+](=Cc1ccccc1)C1CCCCC1)c1ccccc1. The minimum absolute atomic E-state index is 0.323. The first kappa shape index (κ1) is 15.5. The first-order valence-corrected chi connectivity index (χ1v) is 8.46. The van der Waals surface area contributed by atoms with Crippen molar-refractivity contribution in [2.75, 3.05) is 0 Å². The van der Waals surface area contributed by atoms with Crippen molar-refractivity contribution >= 4 is 12.0 Å². The fourth-order valence-corrected chi connectivity index (χ4v) is 3.16. The summed E-state index contributed by atoms with van der Waals surface area (Å²) in [5.41, 5.74) is 2.02. The third kappa shape index (κ3) is 4.32. The predicted molar refractivity (Wildman–Crippen MR) is 95.8 cm³/mol. The molecule has 1 N–H and O–H groups in total. The monoisotopic (exact) mass is 306 g/mol. The molecule has 118 valence electrons. The standard InChI is InChI=1S/C21H23NO/c23-21(19-12-6-2-7-13-19)17-22(20-14-8-3-9-15-20)16-18-10-4-1-5-11-18/h1-2,4-7,10-13,16-17,20H,3,8-9,14-15H2/p+1/b21-17-,22-16?. The number of aliphatic hydroxyl groups excluding tert-OH is 1. The number of hydrogen-bond donors (Lipinski definition) is 1. The topological polar surface area (TPSA) is 23.2 Å². The van der Waals surface area contributed by atoms with E-state index in [0.29, 0.717) is 11.8 Å². The van der Waals surface area contributed by atoms with Gasteiger partial charge in [0, 0.05) is 24.0 Å². The molecule has 2 nitrogen and oxygen atoms in total. The lowest BCUT2D eigenvalue weighted by molar-refractivity contribution is -0.500. The summed E-state index contributed by atoms with van der Waals surface area (Å²) in [7, 11) is 0. The van der Waals surface area contributed by atoms with E-state index in [1.165, 1.54) is 32.1 Å². The van der Waals surface area contributed by atoms with Crippen LogP contribution in [0.5, 0.6) is 0 Å². The minimum atomic E-state index is 0.323. The molecule has 3 rings (SSSR count). The Bertz CT molecular complexity index is 668. The second-order valence-corrected chi connectivity index (χ2v) is 6.16. The van der Waals surface area contributed by atoms with Crippen LogP contribution in [0, 0.1) is 0 Å². The number of hydrogen-bond acceptors (Lipinski definition) is 1. The Kier molecular flexibility index (Phi) is 5.25. The van der Waals surface area contributed by atoms with E-state index >= 15 is 0 Å². The van der Waals surface area contributed by atoms with Crippen molar-refractivity contribution in [2.24, 2.45) is 0 Å². The minimum Gasteiger partial charge on any atom is -0.502 e. The van der Waals surface area contributed by atoms with Gasteiger partial charge in [0.05, 0.1) is 0 Å². The highest BCUT2D eigenvalue weighted by Crippen LogP contribution is 2.22. The molecule has 2 heteroatoms. The average molecular weight is 306 g/mol. The maximum atomic E-state index is 10.5. The molecule has 1 saturated carbocycles. The van der Waals surface area contributed by atoms with Crippen LogP contribution in [0.2, 0.25) is 0 Å². The zero-order valence-corrected chi connectivity index (χ0v) is 13.4. The van der Waals surface area contributed by atoms with Crippen molar-refractivity contribution in [1.29, 1.82) is 0 Å². The van der Waals surface area contributed by atoms with Crippen LogP contribution < -0.4 is 0 Å². The van der Waals surface area contributed by atoms with Gasteiger partial charge in [-0.3, -0.25) is 0 Å². The third-order valence-electron chi connectivity index (χ3n) is 4.43. The highest BCUT2D eigenvalue weighted by molar-refractivity contribution is 5.76. The number of benzene rings is 2. The summed E-state index contributed by atoms with van der Waals surface area (Å²) >= 11 is 0. The van der Waals surface area contributed by atoms with Crippen LogP contribution in [0.15, 0.2) is 66.9 Å². The molecule has 0 aliphatic heterocycles. The van der Waals surface area contributed by atoms with Crippen molar-refractivity contribution in [3.8, 4) is 0 Å². The molecule has 0 saturated heterocycles. The molecule has 1 fully saturated rings. The van der Waals surface area contributed by atoms with E-state index in [9.17, 15) is 5.11 Å². The van der Waals surface area contributed by atoms with Crippen LogP contribution in [0.25, 0.3) is 5.76 Å². The molecule has 0 amide bonds. The van der Waals surface area contributed by atoms with Gasteiger partial charge in [0.1, 0.15) is 0 Å². The zero-order chi connectivity index (χ0) is 15.9. The molecule has 2 aromatic rings. The van der Waals surface area contributed by atoms with Gasteiger partial charge in [-0.05, 0) is 25.0 Å². The molecule has 0 heterocycles. The second-order valence-electron chi connectivity index (χ2n) is 6.16. The van der Waals surface area contributed by atoms with E-state index in [1.54, 1.807) is 0 Å². The summed E-state index contributed by atoms with van der Waals surface area (Å²) in [5, 5.41) is 10.5. The van der Waals surface area contributed by atoms with E-state index in [1.807, 2.05) is 54.7 Å². The highest BCUT2D eigenvalue weighted by Gasteiger charge is 2.23. The average Bonchev–Trinajstić information content (AvgIpc) is 2.63. The van der Waals surface area contributed by atoms with Gasteiger partial charge in [0.15, 0.2) is 18.0 Å². The van der Waals surface area contributed by atoms with Gasteiger partial charge in [-0.1, -0.05) is 55.0 Å². The Morgan fingerprint density at radius 1 is 0.870 bits per heavy atom. The fourth-order valence-electron chi connectivity index (χ4n) is 3.16. The molecule has 2 aromatic carbocycles. The van der Waals surface area contributed by atoms with Crippen LogP contribution in [0.3, 0.4) is 0 Å². The Balaban J connectivity index is 1.93. The van der Waals surface area contributed by atoms with E-state index in [2.05, 4.69) is 22.9 Å². The summed E-state index contributed by atoms with van der Waals surface area (Å²) in [5.74, 6) is 0.323. The third-order valence-corrected chi connectivity index (χ3v) is 4.43. The first-order chi connectivity index (χ1) is 11.3. The molecule has 0 radical (unpaired) electrons. The smallest absolute Gasteiger partial charge is 0.211 e. The van der Waals surface area contributed by atoms with Gasteiger partial charge < -0.3 is 5.11 Å². The van der Waals surface area contributed by atoms with E-state index in [4.69, 9.17) is 0 Å². The van der Waals surface area contributed by atoms with Gasteiger partial charge in [-0.2, -0.15) is 4.58 Å². The molecular weight excluding hydrogens is 282 g/mol. The van der Waals surface area contributed by atoms with Gasteiger partial charge >= 0.3 is 0 Å². The van der Waals surface area contributed by atoms with Crippen molar-refractivity contribution in [3.05, 3.63) is 78.0 Å². The summed E-state index contributed by atoms with van der Waals surface area (Å²) in [6.07, 6.45) is 10.3. The van der Waals surface area contributed by atoms with Gasteiger partial charge in [-0.15, -0.1) is 0 Å². The second kappa shape index (κ2) is 7.77. The van der Waals surface area contributed by atoms with E-state index < -0.39 is 0 Å².